The summed E-state index contributed by atoms with van der Waals surface area (Å²) in [4.78, 5) is 0. The van der Waals surface area contributed by atoms with Gasteiger partial charge in [-0.2, -0.15) is 0 Å². The fourth-order valence-corrected chi connectivity index (χ4v) is 4.59. The molecule has 0 amide bonds. The number of hydrogen-bond acceptors (Lipinski definition) is 6. The summed E-state index contributed by atoms with van der Waals surface area (Å²) in [7, 11) is 0. The first-order valence-corrected chi connectivity index (χ1v) is 11.3. The summed E-state index contributed by atoms with van der Waals surface area (Å²) in [5, 5.41) is 0. The second kappa shape index (κ2) is 9.35. The summed E-state index contributed by atoms with van der Waals surface area (Å²) >= 11 is 0. The normalized spacial score (nSPS) is 34.0. The van der Waals surface area contributed by atoms with E-state index in [9.17, 15) is 0 Å². The minimum atomic E-state index is -0.530. The lowest BCUT2D eigenvalue weighted by Crippen LogP contribution is -2.58. The molecule has 170 valence electrons. The summed E-state index contributed by atoms with van der Waals surface area (Å²) in [5.41, 5.74) is 2.90. The molecule has 3 heterocycles. The van der Waals surface area contributed by atoms with Gasteiger partial charge in [0.1, 0.15) is 24.4 Å². The van der Waals surface area contributed by atoms with Crippen molar-refractivity contribution in [2.45, 2.75) is 43.3 Å². The van der Waals surface area contributed by atoms with Crippen LogP contribution in [0.15, 0.2) is 91.0 Å². The molecule has 7 atom stereocenters. The van der Waals surface area contributed by atoms with E-state index >= 15 is 0 Å². The summed E-state index contributed by atoms with van der Waals surface area (Å²) in [6.07, 6.45) is -2.76. The number of hydrogen-bond donors (Lipinski definition) is 0. The van der Waals surface area contributed by atoms with Gasteiger partial charge in [-0.1, -0.05) is 91.0 Å². The Morgan fingerprint density at radius 1 is 0.424 bits per heavy atom. The molecule has 0 radical (unpaired) electrons. The molecule has 0 N–H and O–H groups in total. The quantitative estimate of drug-likeness (QED) is 0.579. The molecule has 3 fully saturated rings. The van der Waals surface area contributed by atoms with Crippen LogP contribution >= 0.6 is 0 Å². The van der Waals surface area contributed by atoms with Crippen molar-refractivity contribution in [2.75, 3.05) is 13.2 Å². The van der Waals surface area contributed by atoms with Crippen molar-refractivity contribution >= 4 is 0 Å². The molecule has 6 rings (SSSR count). The molecule has 3 aromatic carbocycles. The largest absolute Gasteiger partial charge is 0.346 e. The van der Waals surface area contributed by atoms with E-state index in [1.54, 1.807) is 0 Å². The highest BCUT2D eigenvalue weighted by Crippen LogP contribution is 2.41. The van der Waals surface area contributed by atoms with Gasteiger partial charge in [-0.25, -0.2) is 0 Å². The van der Waals surface area contributed by atoms with E-state index in [2.05, 4.69) is 0 Å². The van der Waals surface area contributed by atoms with Crippen molar-refractivity contribution in [3.05, 3.63) is 108 Å². The Balaban J connectivity index is 1.26. The van der Waals surface area contributed by atoms with E-state index in [0.29, 0.717) is 13.2 Å². The van der Waals surface area contributed by atoms with Crippen molar-refractivity contribution in [3.8, 4) is 0 Å². The lowest BCUT2D eigenvalue weighted by molar-refractivity contribution is -0.373. The SMILES string of the molecule is c1ccc(C2OCC(C3OC(c4ccccc4)OC4COC(c5ccccc5)OC43)O2)cc1. The molecule has 33 heavy (non-hydrogen) atoms. The standard InChI is InChI=1S/C27H26O6/c1-4-10-18(11-5-1)25-28-16-21(30-25)24-23-22(31-27(33-24)20-14-8-3-9-15-20)17-29-26(32-23)19-12-6-2-7-13-19/h1-15,21-27H,16-17H2. The summed E-state index contributed by atoms with van der Waals surface area (Å²) < 4.78 is 37.6. The zero-order valence-electron chi connectivity index (χ0n) is 18.1. The summed E-state index contributed by atoms with van der Waals surface area (Å²) in [6.45, 7) is 0.818. The Kier molecular flexibility index (Phi) is 5.94. The van der Waals surface area contributed by atoms with Crippen molar-refractivity contribution in [2.24, 2.45) is 0 Å². The second-order valence-corrected chi connectivity index (χ2v) is 8.44. The van der Waals surface area contributed by atoms with Gasteiger partial charge in [0.15, 0.2) is 18.9 Å². The molecule has 7 unspecified atom stereocenters. The van der Waals surface area contributed by atoms with Crippen LogP contribution in [-0.2, 0) is 28.4 Å². The Bertz CT molecular complexity index is 1030. The van der Waals surface area contributed by atoms with Gasteiger partial charge in [0.2, 0.25) is 0 Å². The van der Waals surface area contributed by atoms with Crippen molar-refractivity contribution < 1.29 is 28.4 Å². The predicted octanol–water partition coefficient (Wildman–Crippen LogP) is 4.70. The first-order valence-electron chi connectivity index (χ1n) is 11.3. The molecule has 3 aliphatic heterocycles. The third kappa shape index (κ3) is 4.34. The lowest BCUT2D eigenvalue weighted by Gasteiger charge is -2.47. The lowest BCUT2D eigenvalue weighted by atomic mass is 9.99. The highest BCUT2D eigenvalue weighted by atomic mass is 16.8. The molecule has 6 heteroatoms. The monoisotopic (exact) mass is 446 g/mol. The van der Waals surface area contributed by atoms with E-state index in [0.717, 1.165) is 16.7 Å². The van der Waals surface area contributed by atoms with Crippen LogP contribution in [0.2, 0.25) is 0 Å². The fraction of sp³-hybridized carbons (Fsp3) is 0.333. The highest BCUT2D eigenvalue weighted by molar-refractivity contribution is 5.19. The predicted molar refractivity (Wildman–Crippen MR) is 119 cm³/mol. The van der Waals surface area contributed by atoms with Gasteiger partial charge >= 0.3 is 0 Å². The molecular weight excluding hydrogens is 420 g/mol. The fourth-order valence-electron chi connectivity index (χ4n) is 4.59. The first-order chi connectivity index (χ1) is 16.3. The molecular formula is C27H26O6. The van der Waals surface area contributed by atoms with E-state index in [1.807, 2.05) is 91.0 Å². The average molecular weight is 446 g/mol. The van der Waals surface area contributed by atoms with Crippen LogP contribution in [0.25, 0.3) is 0 Å². The smallest absolute Gasteiger partial charge is 0.184 e. The number of ether oxygens (including phenoxy) is 6. The van der Waals surface area contributed by atoms with Crippen LogP contribution in [-0.4, -0.2) is 37.6 Å². The number of fused-ring (bicyclic) bond motifs is 1. The maximum absolute atomic E-state index is 6.49. The average Bonchev–Trinajstić information content (AvgIpc) is 3.39. The zero-order valence-corrected chi connectivity index (χ0v) is 18.1. The number of benzene rings is 3. The van der Waals surface area contributed by atoms with Crippen LogP contribution in [0.1, 0.15) is 35.6 Å². The van der Waals surface area contributed by atoms with Gasteiger partial charge in [-0.05, 0) is 0 Å². The molecule has 3 aromatic rings. The Morgan fingerprint density at radius 2 is 0.788 bits per heavy atom. The third-order valence-corrected chi connectivity index (χ3v) is 6.25. The Hall–Kier alpha value is -2.58. The minimum Gasteiger partial charge on any atom is -0.346 e. The molecule has 3 saturated heterocycles. The Morgan fingerprint density at radius 3 is 1.27 bits per heavy atom. The Labute approximate surface area is 192 Å². The van der Waals surface area contributed by atoms with E-state index < -0.39 is 18.9 Å². The van der Waals surface area contributed by atoms with Crippen molar-refractivity contribution in [1.29, 1.82) is 0 Å². The van der Waals surface area contributed by atoms with Crippen LogP contribution in [0, 0.1) is 0 Å². The summed E-state index contributed by atoms with van der Waals surface area (Å²) in [5.74, 6) is 0. The molecule has 0 aliphatic carbocycles. The van der Waals surface area contributed by atoms with Crippen LogP contribution in [0.5, 0.6) is 0 Å². The van der Waals surface area contributed by atoms with Crippen LogP contribution in [0.4, 0.5) is 0 Å². The van der Waals surface area contributed by atoms with Gasteiger partial charge in [0, 0.05) is 16.7 Å². The molecule has 3 aliphatic rings. The second-order valence-electron chi connectivity index (χ2n) is 8.44. The van der Waals surface area contributed by atoms with E-state index in [1.165, 1.54) is 0 Å². The van der Waals surface area contributed by atoms with Gasteiger partial charge in [-0.15, -0.1) is 0 Å². The summed E-state index contributed by atoms with van der Waals surface area (Å²) in [6, 6.07) is 29.8. The zero-order chi connectivity index (χ0) is 22.0. The minimum absolute atomic E-state index is 0.284. The maximum atomic E-state index is 6.49. The first kappa shape index (κ1) is 21.0. The van der Waals surface area contributed by atoms with Crippen LogP contribution < -0.4 is 0 Å². The maximum Gasteiger partial charge on any atom is 0.184 e. The van der Waals surface area contributed by atoms with Gasteiger partial charge < -0.3 is 28.4 Å². The van der Waals surface area contributed by atoms with Crippen molar-refractivity contribution in [3.63, 3.8) is 0 Å². The highest BCUT2D eigenvalue weighted by Gasteiger charge is 2.50. The van der Waals surface area contributed by atoms with E-state index in [-0.39, 0.29) is 24.4 Å². The van der Waals surface area contributed by atoms with Crippen LogP contribution in [0.3, 0.4) is 0 Å². The molecule has 0 bridgehead atoms. The number of rotatable bonds is 4. The van der Waals surface area contributed by atoms with Gasteiger partial charge in [0.25, 0.3) is 0 Å². The molecule has 0 aromatic heterocycles. The molecule has 0 saturated carbocycles. The topological polar surface area (TPSA) is 55.4 Å². The van der Waals surface area contributed by atoms with Crippen molar-refractivity contribution in [1.82, 2.24) is 0 Å². The molecule has 0 spiro atoms. The molecule has 6 nitrogen and oxygen atoms in total. The van der Waals surface area contributed by atoms with Gasteiger partial charge in [-0.3, -0.25) is 0 Å². The third-order valence-electron chi connectivity index (χ3n) is 6.25. The van der Waals surface area contributed by atoms with Gasteiger partial charge in [0.05, 0.1) is 13.2 Å². The van der Waals surface area contributed by atoms with E-state index in [4.69, 9.17) is 28.4 Å².